The number of aromatic nitrogens is 1. The highest BCUT2D eigenvalue weighted by molar-refractivity contribution is 5.85. The number of nitrogens with one attached hydrogen (secondary N) is 1. The third kappa shape index (κ3) is 4.09. The first kappa shape index (κ1) is 14.7. The molecule has 1 aromatic rings. The Morgan fingerprint density at radius 2 is 2.23 bits per heavy atom. The molecule has 0 radical (unpaired) electrons. The van der Waals surface area contributed by atoms with E-state index in [1.807, 2.05) is 12.1 Å². The second-order valence-electron chi connectivity index (χ2n) is 2.14. The highest BCUT2D eigenvalue weighted by Gasteiger charge is 2.05. The van der Waals surface area contributed by atoms with Gasteiger partial charge in [0.2, 0.25) is 0 Å². The van der Waals surface area contributed by atoms with Crippen molar-refractivity contribution in [1.29, 1.82) is 5.26 Å². The molecule has 0 amide bonds. The van der Waals surface area contributed by atoms with Gasteiger partial charge >= 0.3 is 0 Å². The van der Waals surface area contributed by atoms with Crippen molar-refractivity contribution in [1.82, 2.24) is 10.3 Å². The molecule has 1 heterocycles. The monoisotopic (exact) mass is 219 g/mol. The van der Waals surface area contributed by atoms with Crippen LogP contribution >= 0.6 is 24.8 Å². The zero-order valence-corrected chi connectivity index (χ0v) is 8.73. The summed E-state index contributed by atoms with van der Waals surface area (Å²) in [6.07, 6.45) is 3.37. The van der Waals surface area contributed by atoms with E-state index in [4.69, 9.17) is 5.26 Å². The minimum Gasteiger partial charge on any atom is -0.301 e. The highest BCUT2D eigenvalue weighted by Crippen LogP contribution is 2.07. The van der Waals surface area contributed by atoms with Crippen LogP contribution in [-0.4, -0.2) is 12.0 Å². The summed E-state index contributed by atoms with van der Waals surface area (Å²) in [5.74, 6) is 0. The fourth-order valence-corrected chi connectivity index (χ4v) is 0.852. The summed E-state index contributed by atoms with van der Waals surface area (Å²) in [6.45, 7) is 0. The quantitative estimate of drug-likeness (QED) is 0.825. The van der Waals surface area contributed by atoms with Crippen LogP contribution in [0.4, 0.5) is 0 Å². The summed E-state index contributed by atoms with van der Waals surface area (Å²) in [7, 11) is 1.75. The van der Waals surface area contributed by atoms with Gasteiger partial charge in [-0.1, -0.05) is 6.07 Å². The lowest BCUT2D eigenvalue weighted by molar-refractivity contribution is 0.724. The summed E-state index contributed by atoms with van der Waals surface area (Å²) in [4.78, 5) is 3.91. The minimum absolute atomic E-state index is 0. The molecular weight excluding hydrogens is 209 g/mol. The van der Waals surface area contributed by atoms with Crippen LogP contribution in [0, 0.1) is 11.3 Å². The Labute approximate surface area is 90.0 Å². The maximum absolute atomic E-state index is 8.64. The molecule has 3 nitrogen and oxygen atoms in total. The number of hydrogen-bond acceptors (Lipinski definition) is 3. The van der Waals surface area contributed by atoms with E-state index in [-0.39, 0.29) is 30.9 Å². The molecule has 0 spiro atoms. The van der Waals surface area contributed by atoms with E-state index in [0.29, 0.717) is 0 Å². The van der Waals surface area contributed by atoms with Gasteiger partial charge in [-0.25, -0.2) is 0 Å². The fraction of sp³-hybridized carbons (Fsp3) is 0.250. The first-order valence-corrected chi connectivity index (χ1v) is 3.35. The molecule has 0 saturated heterocycles. The Kier molecular flexibility index (Phi) is 8.83. The topological polar surface area (TPSA) is 48.7 Å². The Balaban J connectivity index is 0. The summed E-state index contributed by atoms with van der Waals surface area (Å²) < 4.78 is 0. The van der Waals surface area contributed by atoms with Crippen molar-refractivity contribution >= 4 is 24.8 Å². The average molecular weight is 220 g/mol. The third-order valence-corrected chi connectivity index (χ3v) is 1.44. The van der Waals surface area contributed by atoms with Crippen LogP contribution in [0.2, 0.25) is 0 Å². The highest BCUT2D eigenvalue weighted by atomic mass is 35.5. The largest absolute Gasteiger partial charge is 0.301 e. The van der Waals surface area contributed by atoms with E-state index >= 15 is 0 Å². The van der Waals surface area contributed by atoms with Crippen molar-refractivity contribution < 1.29 is 0 Å². The van der Waals surface area contributed by atoms with Gasteiger partial charge in [0.05, 0.1) is 6.07 Å². The normalized spacial score (nSPS) is 10.2. The summed E-state index contributed by atoms with van der Waals surface area (Å²) >= 11 is 0. The van der Waals surface area contributed by atoms with Crippen molar-refractivity contribution in [2.75, 3.05) is 7.05 Å². The molecule has 13 heavy (non-hydrogen) atoms. The van der Waals surface area contributed by atoms with Gasteiger partial charge in [-0.3, -0.25) is 4.98 Å². The molecule has 0 aliphatic carbocycles. The number of rotatable bonds is 2. The molecule has 1 atom stereocenters. The van der Waals surface area contributed by atoms with Gasteiger partial charge in [0.25, 0.3) is 0 Å². The molecule has 5 heteroatoms. The molecule has 0 aromatic carbocycles. The van der Waals surface area contributed by atoms with E-state index in [1.165, 1.54) is 0 Å². The maximum Gasteiger partial charge on any atom is 0.122 e. The molecule has 1 aromatic heterocycles. The molecule has 0 fully saturated rings. The molecule has 72 valence electrons. The lowest BCUT2D eigenvalue weighted by atomic mass is 10.1. The number of hydrogen-bond donors (Lipinski definition) is 1. The van der Waals surface area contributed by atoms with Gasteiger partial charge in [-0.2, -0.15) is 5.26 Å². The van der Waals surface area contributed by atoms with Gasteiger partial charge in [0.1, 0.15) is 6.04 Å². The maximum atomic E-state index is 8.64. The molecule has 0 aliphatic heterocycles. The minimum atomic E-state index is -0.247. The van der Waals surface area contributed by atoms with Crippen molar-refractivity contribution in [2.45, 2.75) is 6.04 Å². The molecule has 0 aliphatic rings. The van der Waals surface area contributed by atoms with Crippen molar-refractivity contribution in [2.24, 2.45) is 0 Å². The fourth-order valence-electron chi connectivity index (χ4n) is 0.852. The lowest BCUT2D eigenvalue weighted by Crippen LogP contribution is -2.13. The molecular formula is C8H11Cl2N3. The smallest absolute Gasteiger partial charge is 0.122 e. The third-order valence-electron chi connectivity index (χ3n) is 1.44. The van der Waals surface area contributed by atoms with E-state index in [1.54, 1.807) is 19.4 Å². The van der Waals surface area contributed by atoms with E-state index < -0.39 is 0 Å². The van der Waals surface area contributed by atoms with Crippen LogP contribution in [0.5, 0.6) is 0 Å². The second kappa shape index (κ2) is 7.81. The van der Waals surface area contributed by atoms with Gasteiger partial charge in [0.15, 0.2) is 0 Å². The predicted octanol–water partition coefficient (Wildman–Crippen LogP) is 1.71. The van der Waals surface area contributed by atoms with Crippen LogP contribution in [0.3, 0.4) is 0 Å². The summed E-state index contributed by atoms with van der Waals surface area (Å²) in [5, 5.41) is 11.5. The van der Waals surface area contributed by atoms with Gasteiger partial charge in [-0.05, 0) is 13.1 Å². The lowest BCUT2D eigenvalue weighted by Gasteiger charge is -2.05. The Morgan fingerprint density at radius 3 is 2.62 bits per heavy atom. The number of pyridine rings is 1. The van der Waals surface area contributed by atoms with Crippen LogP contribution in [0.25, 0.3) is 0 Å². The molecule has 1 unspecified atom stereocenters. The van der Waals surface area contributed by atoms with E-state index in [2.05, 4.69) is 16.4 Å². The Morgan fingerprint density at radius 1 is 1.54 bits per heavy atom. The standard InChI is InChI=1S/C8H9N3.2ClH/c1-10-8(5-9)7-3-2-4-11-6-7;;/h2-4,6,8,10H,1H3;2*1H. The van der Waals surface area contributed by atoms with Crippen molar-refractivity contribution in [3.8, 4) is 6.07 Å². The zero-order valence-electron chi connectivity index (χ0n) is 7.10. The average Bonchev–Trinajstić information content (AvgIpc) is 2.09. The summed E-state index contributed by atoms with van der Waals surface area (Å²) in [5.41, 5.74) is 0.900. The SMILES string of the molecule is CNC(C#N)c1cccnc1.Cl.Cl. The van der Waals surface area contributed by atoms with Crippen molar-refractivity contribution in [3.05, 3.63) is 30.1 Å². The van der Waals surface area contributed by atoms with E-state index in [0.717, 1.165) is 5.56 Å². The van der Waals surface area contributed by atoms with Crippen LogP contribution in [-0.2, 0) is 0 Å². The second-order valence-corrected chi connectivity index (χ2v) is 2.14. The van der Waals surface area contributed by atoms with E-state index in [9.17, 15) is 0 Å². The summed E-state index contributed by atoms with van der Waals surface area (Å²) in [6, 6.07) is 5.56. The molecule has 1 N–H and O–H groups in total. The van der Waals surface area contributed by atoms with Crippen LogP contribution in [0.1, 0.15) is 11.6 Å². The number of halogens is 2. The van der Waals surface area contributed by atoms with Gasteiger partial charge < -0.3 is 5.32 Å². The van der Waals surface area contributed by atoms with Gasteiger partial charge in [-0.15, -0.1) is 24.8 Å². The Bertz CT molecular complexity index is 258. The number of nitriles is 1. The van der Waals surface area contributed by atoms with Crippen LogP contribution in [0.15, 0.2) is 24.5 Å². The van der Waals surface area contributed by atoms with Crippen molar-refractivity contribution in [3.63, 3.8) is 0 Å². The predicted molar refractivity (Wildman–Crippen MR) is 56.1 cm³/mol. The Hall–Kier alpha value is -0.820. The molecule has 1 rings (SSSR count). The zero-order chi connectivity index (χ0) is 8.10. The first-order valence-electron chi connectivity index (χ1n) is 3.35. The van der Waals surface area contributed by atoms with Gasteiger partial charge in [0, 0.05) is 18.0 Å². The molecule has 0 bridgehead atoms. The molecule has 0 saturated carbocycles. The van der Waals surface area contributed by atoms with Crippen LogP contribution < -0.4 is 5.32 Å². The first-order chi connectivity index (χ1) is 5.38. The number of nitrogens with zero attached hydrogens (tertiary/aromatic N) is 2.